The predicted octanol–water partition coefficient (Wildman–Crippen LogP) is 3.74. The second-order valence-corrected chi connectivity index (χ2v) is 7.55. The summed E-state index contributed by atoms with van der Waals surface area (Å²) in [7, 11) is 1.69. The Labute approximate surface area is 139 Å². The van der Waals surface area contributed by atoms with E-state index in [2.05, 4.69) is 44.7 Å². The third-order valence-corrected chi connectivity index (χ3v) is 4.71. The molecule has 0 amide bonds. The highest BCUT2D eigenvalue weighted by Gasteiger charge is 2.29. The van der Waals surface area contributed by atoms with Crippen LogP contribution in [0.3, 0.4) is 0 Å². The second-order valence-electron chi connectivity index (χ2n) is 7.55. The number of carboxylic acid groups (broad SMARTS) is 1. The fraction of sp³-hybridized carbons (Fsp3) is 0.632. The van der Waals surface area contributed by atoms with Gasteiger partial charge in [-0.2, -0.15) is 0 Å². The number of carbonyl (C=O) groups is 1. The standard InChI is InChI=1S/C19H29NO3/c1-13-10-14(17(23-5)11-15(13)19(2,3)4)12-20-9-7-6-8-16(20)18(21)22/h10-11,16H,6-9,12H2,1-5H3,(H,21,22)/t16-/m0/s1. The average molecular weight is 319 g/mol. The Morgan fingerprint density at radius 2 is 2.04 bits per heavy atom. The average Bonchev–Trinajstić information content (AvgIpc) is 2.46. The van der Waals surface area contributed by atoms with Crippen molar-refractivity contribution in [3.8, 4) is 5.75 Å². The first-order valence-corrected chi connectivity index (χ1v) is 8.39. The number of benzene rings is 1. The van der Waals surface area contributed by atoms with Crippen molar-refractivity contribution in [2.24, 2.45) is 0 Å². The molecule has 0 radical (unpaired) electrons. The van der Waals surface area contributed by atoms with Gasteiger partial charge in [0.15, 0.2) is 0 Å². The maximum atomic E-state index is 11.5. The number of likely N-dealkylation sites (tertiary alicyclic amines) is 1. The number of aliphatic carboxylic acids is 1. The number of ether oxygens (including phenoxy) is 1. The van der Waals surface area contributed by atoms with E-state index in [-0.39, 0.29) is 11.5 Å². The molecule has 0 saturated carbocycles. The van der Waals surface area contributed by atoms with Gasteiger partial charge in [-0.15, -0.1) is 0 Å². The van der Waals surface area contributed by atoms with Crippen molar-refractivity contribution < 1.29 is 14.6 Å². The lowest BCUT2D eigenvalue weighted by molar-refractivity contribution is -0.144. The van der Waals surface area contributed by atoms with E-state index in [0.29, 0.717) is 6.54 Å². The third-order valence-electron chi connectivity index (χ3n) is 4.71. The summed E-state index contributed by atoms with van der Waals surface area (Å²) in [4.78, 5) is 13.6. The zero-order valence-electron chi connectivity index (χ0n) is 15.0. The first-order chi connectivity index (χ1) is 10.7. The molecule has 2 rings (SSSR count). The normalized spacial score (nSPS) is 19.6. The Hall–Kier alpha value is -1.55. The first-order valence-electron chi connectivity index (χ1n) is 8.39. The molecule has 0 aliphatic carbocycles. The van der Waals surface area contributed by atoms with Crippen LogP contribution in [0.15, 0.2) is 12.1 Å². The first kappa shape index (κ1) is 17.8. The summed E-state index contributed by atoms with van der Waals surface area (Å²) < 4.78 is 5.60. The molecule has 0 aromatic heterocycles. The number of nitrogens with zero attached hydrogens (tertiary/aromatic N) is 1. The van der Waals surface area contributed by atoms with Gasteiger partial charge in [0.25, 0.3) is 0 Å². The van der Waals surface area contributed by atoms with Gasteiger partial charge in [-0.25, -0.2) is 0 Å². The Kier molecular flexibility index (Phi) is 5.35. The van der Waals surface area contributed by atoms with Crippen LogP contribution in [-0.4, -0.2) is 35.7 Å². The Balaban J connectivity index is 2.32. The van der Waals surface area contributed by atoms with E-state index in [0.717, 1.165) is 37.1 Å². The zero-order chi connectivity index (χ0) is 17.2. The van der Waals surface area contributed by atoms with Crippen LogP contribution in [0.25, 0.3) is 0 Å². The van der Waals surface area contributed by atoms with Crippen LogP contribution in [0.4, 0.5) is 0 Å². The predicted molar refractivity (Wildman–Crippen MR) is 92.1 cm³/mol. The molecule has 4 heteroatoms. The molecule has 0 bridgehead atoms. The summed E-state index contributed by atoms with van der Waals surface area (Å²) in [6, 6.07) is 3.90. The highest BCUT2D eigenvalue weighted by molar-refractivity contribution is 5.73. The van der Waals surface area contributed by atoms with Crippen LogP contribution in [0.1, 0.15) is 56.7 Å². The Morgan fingerprint density at radius 3 is 2.61 bits per heavy atom. The maximum absolute atomic E-state index is 11.5. The molecular weight excluding hydrogens is 290 g/mol. The Morgan fingerprint density at radius 1 is 1.35 bits per heavy atom. The number of aryl methyl sites for hydroxylation is 1. The molecule has 1 N–H and O–H groups in total. The summed E-state index contributed by atoms with van der Waals surface area (Å²) in [5.41, 5.74) is 3.64. The van der Waals surface area contributed by atoms with Crippen LogP contribution < -0.4 is 4.74 Å². The molecule has 0 unspecified atom stereocenters. The van der Waals surface area contributed by atoms with Crippen molar-refractivity contribution in [1.29, 1.82) is 0 Å². The number of methoxy groups -OCH3 is 1. The van der Waals surface area contributed by atoms with E-state index >= 15 is 0 Å². The van der Waals surface area contributed by atoms with Crippen LogP contribution in [0.5, 0.6) is 5.75 Å². The fourth-order valence-corrected chi connectivity index (χ4v) is 3.55. The zero-order valence-corrected chi connectivity index (χ0v) is 15.0. The van der Waals surface area contributed by atoms with Gasteiger partial charge in [0.2, 0.25) is 0 Å². The lowest BCUT2D eigenvalue weighted by Crippen LogP contribution is -2.44. The second kappa shape index (κ2) is 6.91. The highest BCUT2D eigenvalue weighted by Crippen LogP contribution is 2.33. The van der Waals surface area contributed by atoms with Gasteiger partial charge in [0, 0.05) is 12.1 Å². The van der Waals surface area contributed by atoms with Crippen LogP contribution in [-0.2, 0) is 16.8 Å². The molecule has 4 nitrogen and oxygen atoms in total. The van der Waals surface area contributed by atoms with Gasteiger partial charge in [0.05, 0.1) is 7.11 Å². The summed E-state index contributed by atoms with van der Waals surface area (Å²) in [6.07, 6.45) is 2.79. The van der Waals surface area contributed by atoms with E-state index in [4.69, 9.17) is 4.74 Å². The molecule has 1 heterocycles. The quantitative estimate of drug-likeness (QED) is 0.918. The van der Waals surface area contributed by atoms with Crippen molar-refractivity contribution >= 4 is 5.97 Å². The molecule has 1 aliphatic rings. The van der Waals surface area contributed by atoms with E-state index in [9.17, 15) is 9.90 Å². The van der Waals surface area contributed by atoms with Crippen molar-refractivity contribution in [1.82, 2.24) is 4.90 Å². The largest absolute Gasteiger partial charge is 0.496 e. The molecule has 0 spiro atoms. The number of hydrogen-bond acceptors (Lipinski definition) is 3. The maximum Gasteiger partial charge on any atom is 0.320 e. The molecule has 1 aliphatic heterocycles. The smallest absolute Gasteiger partial charge is 0.320 e. The summed E-state index contributed by atoms with van der Waals surface area (Å²) in [6.45, 7) is 10.2. The summed E-state index contributed by atoms with van der Waals surface area (Å²) in [5, 5.41) is 9.45. The third kappa shape index (κ3) is 4.05. The monoisotopic (exact) mass is 319 g/mol. The van der Waals surface area contributed by atoms with Gasteiger partial charge in [-0.1, -0.05) is 33.3 Å². The lowest BCUT2D eigenvalue weighted by Gasteiger charge is -2.33. The van der Waals surface area contributed by atoms with E-state index in [1.54, 1.807) is 7.11 Å². The van der Waals surface area contributed by atoms with Crippen LogP contribution >= 0.6 is 0 Å². The molecule has 1 fully saturated rings. The lowest BCUT2D eigenvalue weighted by atomic mass is 9.83. The highest BCUT2D eigenvalue weighted by atomic mass is 16.5. The number of piperidine rings is 1. The van der Waals surface area contributed by atoms with Crippen molar-refractivity contribution in [3.05, 3.63) is 28.8 Å². The van der Waals surface area contributed by atoms with Gasteiger partial charge in [0.1, 0.15) is 11.8 Å². The van der Waals surface area contributed by atoms with Crippen LogP contribution in [0.2, 0.25) is 0 Å². The van der Waals surface area contributed by atoms with Crippen LogP contribution in [0, 0.1) is 6.92 Å². The Bertz CT molecular complexity index is 575. The van der Waals surface area contributed by atoms with E-state index < -0.39 is 5.97 Å². The topological polar surface area (TPSA) is 49.8 Å². The van der Waals surface area contributed by atoms with E-state index in [1.807, 2.05) is 0 Å². The minimum absolute atomic E-state index is 0.0601. The molecule has 23 heavy (non-hydrogen) atoms. The molecule has 1 aromatic carbocycles. The molecule has 1 aromatic rings. The van der Waals surface area contributed by atoms with Crippen molar-refractivity contribution in [2.75, 3.05) is 13.7 Å². The van der Waals surface area contributed by atoms with E-state index in [1.165, 1.54) is 11.1 Å². The molecular formula is C19H29NO3. The number of carboxylic acids is 1. The molecule has 1 atom stereocenters. The SMILES string of the molecule is COc1cc(C(C)(C)C)c(C)cc1CN1CCCC[C@H]1C(=O)O. The van der Waals surface area contributed by atoms with Gasteiger partial charge in [-0.05, 0) is 48.9 Å². The minimum Gasteiger partial charge on any atom is -0.496 e. The van der Waals surface area contributed by atoms with Gasteiger partial charge < -0.3 is 9.84 Å². The van der Waals surface area contributed by atoms with Gasteiger partial charge >= 0.3 is 5.97 Å². The minimum atomic E-state index is -0.716. The molecule has 1 saturated heterocycles. The fourth-order valence-electron chi connectivity index (χ4n) is 3.55. The summed E-state index contributed by atoms with van der Waals surface area (Å²) >= 11 is 0. The molecule has 128 valence electrons. The van der Waals surface area contributed by atoms with Crippen molar-refractivity contribution in [2.45, 2.75) is 65.0 Å². The number of hydrogen-bond donors (Lipinski definition) is 1. The van der Waals surface area contributed by atoms with Crippen molar-refractivity contribution in [3.63, 3.8) is 0 Å². The van der Waals surface area contributed by atoms with Gasteiger partial charge in [-0.3, -0.25) is 9.69 Å². The summed E-state index contributed by atoms with van der Waals surface area (Å²) in [5.74, 6) is 0.141. The number of rotatable bonds is 4.